The van der Waals surface area contributed by atoms with Gasteiger partial charge in [-0.15, -0.1) is 0 Å². The summed E-state index contributed by atoms with van der Waals surface area (Å²) < 4.78 is 15.4. The topological polar surface area (TPSA) is 85.6 Å². The van der Waals surface area contributed by atoms with Crippen LogP contribution in [0.2, 0.25) is 0 Å². The number of nitrogens with zero attached hydrogens (tertiary/aromatic N) is 1. The zero-order chi connectivity index (χ0) is 18.7. The molecule has 0 aliphatic heterocycles. The number of carbonyl (C=O) groups excluding carboxylic acids is 2. The van der Waals surface area contributed by atoms with Crippen LogP contribution in [0.15, 0.2) is 24.3 Å². The van der Waals surface area contributed by atoms with Gasteiger partial charge in [-0.2, -0.15) is 5.26 Å². The van der Waals surface area contributed by atoms with Crippen molar-refractivity contribution >= 4 is 11.9 Å². The molecular formula is C19H25NO5. The first-order valence-corrected chi connectivity index (χ1v) is 8.38. The minimum atomic E-state index is -1.36. The van der Waals surface area contributed by atoms with Gasteiger partial charge in [0.05, 0.1) is 39.2 Å². The highest BCUT2D eigenvalue weighted by Crippen LogP contribution is 2.34. The fraction of sp³-hybridized carbons (Fsp3) is 0.526. The maximum atomic E-state index is 12.1. The van der Waals surface area contributed by atoms with E-state index in [1.807, 2.05) is 13.8 Å². The largest absolute Gasteiger partial charge is 0.497 e. The Kier molecular flexibility index (Phi) is 8.48. The van der Waals surface area contributed by atoms with Crippen LogP contribution >= 0.6 is 0 Å². The van der Waals surface area contributed by atoms with Crippen LogP contribution in [0.5, 0.6) is 5.75 Å². The molecule has 0 saturated heterocycles. The molecule has 1 aromatic rings. The molecule has 0 aromatic heterocycles. The van der Waals surface area contributed by atoms with Gasteiger partial charge in [-0.05, 0) is 30.5 Å². The average molecular weight is 347 g/mol. The van der Waals surface area contributed by atoms with Crippen LogP contribution in [0.3, 0.4) is 0 Å². The second kappa shape index (κ2) is 10.3. The molecule has 0 atom stereocenters. The van der Waals surface area contributed by atoms with Crippen molar-refractivity contribution in [3.05, 3.63) is 29.8 Å². The van der Waals surface area contributed by atoms with Crippen molar-refractivity contribution in [2.45, 2.75) is 44.9 Å². The van der Waals surface area contributed by atoms with Gasteiger partial charge in [-0.1, -0.05) is 26.0 Å². The zero-order valence-corrected chi connectivity index (χ0v) is 15.0. The molecule has 6 heteroatoms. The van der Waals surface area contributed by atoms with Gasteiger partial charge in [-0.3, -0.25) is 9.59 Å². The summed E-state index contributed by atoms with van der Waals surface area (Å²) in [5.41, 5.74) is -0.833. The lowest BCUT2D eigenvalue weighted by Gasteiger charge is -2.25. The molecule has 0 bridgehead atoms. The smallest absolute Gasteiger partial charge is 0.307 e. The van der Waals surface area contributed by atoms with Crippen molar-refractivity contribution in [2.75, 3.05) is 20.3 Å². The third-order valence-corrected chi connectivity index (χ3v) is 3.66. The lowest BCUT2D eigenvalue weighted by molar-refractivity contribution is -0.147. The van der Waals surface area contributed by atoms with Crippen molar-refractivity contribution < 1.29 is 23.8 Å². The number of nitriles is 1. The van der Waals surface area contributed by atoms with Crippen LogP contribution in [0.25, 0.3) is 0 Å². The summed E-state index contributed by atoms with van der Waals surface area (Å²) in [5.74, 6) is -0.495. The Morgan fingerprint density at radius 3 is 2.08 bits per heavy atom. The molecule has 0 aliphatic carbocycles. The average Bonchev–Trinajstić information content (AvgIpc) is 2.64. The van der Waals surface area contributed by atoms with Crippen LogP contribution in [-0.4, -0.2) is 32.3 Å². The van der Waals surface area contributed by atoms with Crippen LogP contribution < -0.4 is 4.74 Å². The Morgan fingerprint density at radius 2 is 1.64 bits per heavy atom. The fourth-order valence-corrected chi connectivity index (χ4v) is 2.36. The molecule has 0 aliphatic rings. The van der Waals surface area contributed by atoms with Crippen molar-refractivity contribution in [2.24, 2.45) is 0 Å². The van der Waals surface area contributed by atoms with Gasteiger partial charge in [0.25, 0.3) is 0 Å². The van der Waals surface area contributed by atoms with E-state index in [1.54, 1.807) is 24.3 Å². The lowest BCUT2D eigenvalue weighted by Crippen LogP contribution is -2.32. The Morgan fingerprint density at radius 1 is 1.08 bits per heavy atom. The summed E-state index contributed by atoms with van der Waals surface area (Å²) in [6, 6.07) is 8.95. The van der Waals surface area contributed by atoms with E-state index >= 15 is 0 Å². The van der Waals surface area contributed by atoms with E-state index in [2.05, 4.69) is 6.07 Å². The second-order valence-corrected chi connectivity index (χ2v) is 5.72. The molecule has 0 unspecified atom stereocenters. The maximum Gasteiger partial charge on any atom is 0.307 e. The highest BCUT2D eigenvalue weighted by atomic mass is 16.5. The molecule has 0 fully saturated rings. The first kappa shape index (κ1) is 20.5. The standard InChI is InChI=1S/C19H25NO5/c1-4-9-24-17(21)12-19(14-20,13-18(22)25-10-5-2)15-7-6-8-16(11-15)23-3/h6-8,11H,4-5,9-10,12-13H2,1-3H3. The van der Waals surface area contributed by atoms with Crippen LogP contribution in [-0.2, 0) is 24.5 Å². The number of rotatable bonds is 10. The SMILES string of the molecule is CCCOC(=O)CC(C#N)(CC(=O)OCCC)c1cccc(OC)c1. The van der Waals surface area contributed by atoms with Crippen LogP contribution in [0.1, 0.15) is 45.1 Å². The van der Waals surface area contributed by atoms with Crippen molar-refractivity contribution in [1.82, 2.24) is 0 Å². The number of hydrogen-bond donors (Lipinski definition) is 0. The summed E-state index contributed by atoms with van der Waals surface area (Å²) in [6.45, 7) is 4.32. The Balaban J connectivity index is 3.15. The summed E-state index contributed by atoms with van der Waals surface area (Å²) in [4.78, 5) is 24.3. The van der Waals surface area contributed by atoms with Crippen molar-refractivity contribution in [1.29, 1.82) is 5.26 Å². The van der Waals surface area contributed by atoms with Crippen molar-refractivity contribution in [3.63, 3.8) is 0 Å². The van der Waals surface area contributed by atoms with Crippen LogP contribution in [0.4, 0.5) is 0 Å². The molecule has 0 amide bonds. The van der Waals surface area contributed by atoms with E-state index < -0.39 is 17.4 Å². The van der Waals surface area contributed by atoms with Gasteiger partial charge >= 0.3 is 11.9 Å². The Hall–Kier alpha value is -2.55. The zero-order valence-electron chi connectivity index (χ0n) is 15.0. The molecule has 0 N–H and O–H groups in total. The molecule has 25 heavy (non-hydrogen) atoms. The Labute approximate surface area is 148 Å². The number of esters is 2. The fourth-order valence-electron chi connectivity index (χ4n) is 2.36. The van der Waals surface area contributed by atoms with E-state index in [-0.39, 0.29) is 26.1 Å². The van der Waals surface area contributed by atoms with Crippen LogP contribution in [0, 0.1) is 11.3 Å². The normalized spacial score (nSPS) is 10.6. The minimum absolute atomic E-state index is 0.224. The third-order valence-electron chi connectivity index (χ3n) is 3.66. The predicted octanol–water partition coefficient (Wildman–Crippen LogP) is 3.14. The molecule has 136 valence electrons. The second-order valence-electron chi connectivity index (χ2n) is 5.72. The number of ether oxygens (including phenoxy) is 3. The molecule has 0 radical (unpaired) electrons. The van der Waals surface area contributed by atoms with E-state index in [0.29, 0.717) is 24.2 Å². The first-order chi connectivity index (χ1) is 12.0. The molecular weight excluding hydrogens is 322 g/mol. The molecule has 0 heterocycles. The molecule has 1 rings (SSSR count). The maximum absolute atomic E-state index is 12.1. The molecule has 0 saturated carbocycles. The van der Waals surface area contributed by atoms with Gasteiger partial charge < -0.3 is 14.2 Å². The van der Waals surface area contributed by atoms with Crippen molar-refractivity contribution in [3.8, 4) is 11.8 Å². The highest BCUT2D eigenvalue weighted by Gasteiger charge is 2.39. The van der Waals surface area contributed by atoms with E-state index in [1.165, 1.54) is 7.11 Å². The number of carbonyl (C=O) groups is 2. The molecule has 0 spiro atoms. The highest BCUT2D eigenvalue weighted by molar-refractivity contribution is 5.77. The van der Waals surface area contributed by atoms with Gasteiger partial charge in [0.1, 0.15) is 11.2 Å². The number of hydrogen-bond acceptors (Lipinski definition) is 6. The monoisotopic (exact) mass is 347 g/mol. The van der Waals surface area contributed by atoms with E-state index in [9.17, 15) is 14.9 Å². The summed E-state index contributed by atoms with van der Waals surface area (Å²) in [5, 5.41) is 9.84. The molecule has 6 nitrogen and oxygen atoms in total. The summed E-state index contributed by atoms with van der Waals surface area (Å²) in [7, 11) is 1.51. The van der Waals surface area contributed by atoms with Gasteiger partial charge in [0.15, 0.2) is 0 Å². The van der Waals surface area contributed by atoms with Gasteiger partial charge in [-0.25, -0.2) is 0 Å². The number of benzene rings is 1. The van der Waals surface area contributed by atoms with E-state index in [4.69, 9.17) is 14.2 Å². The number of methoxy groups -OCH3 is 1. The predicted molar refractivity (Wildman–Crippen MR) is 92.0 cm³/mol. The molecule has 1 aromatic carbocycles. The first-order valence-electron chi connectivity index (χ1n) is 8.38. The van der Waals surface area contributed by atoms with Gasteiger partial charge in [0.2, 0.25) is 0 Å². The lowest BCUT2D eigenvalue weighted by atomic mass is 9.76. The Bertz CT molecular complexity index is 598. The summed E-state index contributed by atoms with van der Waals surface area (Å²) >= 11 is 0. The summed E-state index contributed by atoms with van der Waals surface area (Å²) in [6.07, 6.45) is 0.918. The minimum Gasteiger partial charge on any atom is -0.497 e. The van der Waals surface area contributed by atoms with Gasteiger partial charge in [0, 0.05) is 0 Å². The van der Waals surface area contributed by atoms with E-state index in [0.717, 1.165) is 0 Å². The quantitative estimate of drug-likeness (QED) is 0.604. The third kappa shape index (κ3) is 6.11.